The molecular formula is C13H22O. The zero-order valence-corrected chi connectivity index (χ0v) is 9.51. The fraction of sp³-hybridized carbons (Fsp3) is 0.692. The molecule has 80 valence electrons. The van der Waals surface area contributed by atoms with Crippen molar-refractivity contribution >= 4 is 0 Å². The van der Waals surface area contributed by atoms with Gasteiger partial charge >= 0.3 is 0 Å². The van der Waals surface area contributed by atoms with E-state index in [1.54, 1.807) is 5.57 Å². The van der Waals surface area contributed by atoms with Crippen molar-refractivity contribution in [3.8, 4) is 0 Å². The molecule has 0 saturated heterocycles. The Bertz CT molecular complexity index is 215. The van der Waals surface area contributed by atoms with Crippen LogP contribution in [-0.2, 0) is 4.74 Å². The molecule has 0 aromatic heterocycles. The SMILES string of the molecule is C=CCC1=C(CCCC)C(C)COC1. The van der Waals surface area contributed by atoms with Crippen LogP contribution >= 0.6 is 0 Å². The molecule has 0 radical (unpaired) electrons. The summed E-state index contributed by atoms with van der Waals surface area (Å²) in [5, 5.41) is 0. The van der Waals surface area contributed by atoms with E-state index in [1.165, 1.54) is 24.8 Å². The molecule has 0 aromatic carbocycles. The number of hydrogen-bond donors (Lipinski definition) is 0. The van der Waals surface area contributed by atoms with E-state index in [-0.39, 0.29) is 0 Å². The number of unbranched alkanes of at least 4 members (excludes halogenated alkanes) is 1. The first kappa shape index (κ1) is 11.5. The van der Waals surface area contributed by atoms with Crippen molar-refractivity contribution in [1.29, 1.82) is 0 Å². The van der Waals surface area contributed by atoms with Crippen LogP contribution in [0.5, 0.6) is 0 Å². The highest BCUT2D eigenvalue weighted by Crippen LogP contribution is 2.27. The van der Waals surface area contributed by atoms with Gasteiger partial charge in [0.1, 0.15) is 0 Å². The van der Waals surface area contributed by atoms with E-state index in [0.717, 1.165) is 19.6 Å². The molecule has 1 aliphatic heterocycles. The van der Waals surface area contributed by atoms with E-state index < -0.39 is 0 Å². The van der Waals surface area contributed by atoms with Gasteiger partial charge in [-0.15, -0.1) is 6.58 Å². The van der Waals surface area contributed by atoms with Crippen molar-refractivity contribution < 1.29 is 4.74 Å². The Labute approximate surface area is 87.8 Å². The van der Waals surface area contributed by atoms with Crippen molar-refractivity contribution in [3.05, 3.63) is 23.8 Å². The van der Waals surface area contributed by atoms with Gasteiger partial charge in [-0.3, -0.25) is 0 Å². The van der Waals surface area contributed by atoms with Crippen LogP contribution in [0.4, 0.5) is 0 Å². The molecule has 0 bridgehead atoms. The Hall–Kier alpha value is -0.560. The second-order valence-electron chi connectivity index (χ2n) is 4.14. The zero-order valence-electron chi connectivity index (χ0n) is 9.51. The van der Waals surface area contributed by atoms with Gasteiger partial charge in [-0.05, 0) is 24.8 Å². The molecule has 0 N–H and O–H groups in total. The standard InChI is InChI=1S/C13H22O/c1-4-6-8-13-11(3)9-14-10-12(13)7-5-2/h5,11H,2,4,6-10H2,1,3H3. The fourth-order valence-electron chi connectivity index (χ4n) is 2.06. The molecule has 1 heteroatoms. The van der Waals surface area contributed by atoms with Crippen LogP contribution in [0, 0.1) is 5.92 Å². The zero-order chi connectivity index (χ0) is 10.4. The molecule has 0 aromatic rings. The minimum absolute atomic E-state index is 0.616. The molecule has 0 amide bonds. The average Bonchev–Trinajstić information content (AvgIpc) is 2.18. The van der Waals surface area contributed by atoms with E-state index in [0.29, 0.717) is 5.92 Å². The van der Waals surface area contributed by atoms with E-state index in [2.05, 4.69) is 20.4 Å². The molecular weight excluding hydrogens is 172 g/mol. The fourth-order valence-corrected chi connectivity index (χ4v) is 2.06. The maximum absolute atomic E-state index is 5.55. The van der Waals surface area contributed by atoms with Gasteiger partial charge in [-0.2, -0.15) is 0 Å². The summed E-state index contributed by atoms with van der Waals surface area (Å²) >= 11 is 0. The smallest absolute Gasteiger partial charge is 0.0682 e. The molecule has 1 nitrogen and oxygen atoms in total. The molecule has 1 atom stereocenters. The lowest BCUT2D eigenvalue weighted by Gasteiger charge is -2.26. The van der Waals surface area contributed by atoms with Gasteiger partial charge in [0.25, 0.3) is 0 Å². The van der Waals surface area contributed by atoms with Crippen molar-refractivity contribution in [1.82, 2.24) is 0 Å². The van der Waals surface area contributed by atoms with Crippen molar-refractivity contribution in [3.63, 3.8) is 0 Å². The first-order valence-electron chi connectivity index (χ1n) is 5.69. The highest BCUT2D eigenvalue weighted by Gasteiger charge is 2.18. The Morgan fingerprint density at radius 1 is 1.57 bits per heavy atom. The molecule has 14 heavy (non-hydrogen) atoms. The molecule has 0 spiro atoms. The van der Waals surface area contributed by atoms with Crippen LogP contribution in [0.2, 0.25) is 0 Å². The topological polar surface area (TPSA) is 9.23 Å². The Morgan fingerprint density at radius 3 is 3.00 bits per heavy atom. The second kappa shape index (κ2) is 6.02. The predicted octanol–water partition coefficient (Wildman–Crippen LogP) is 3.72. The largest absolute Gasteiger partial charge is 0.376 e. The highest BCUT2D eigenvalue weighted by atomic mass is 16.5. The lowest BCUT2D eigenvalue weighted by atomic mass is 9.89. The van der Waals surface area contributed by atoms with E-state index in [1.807, 2.05) is 6.08 Å². The Balaban J connectivity index is 2.69. The van der Waals surface area contributed by atoms with E-state index in [9.17, 15) is 0 Å². The van der Waals surface area contributed by atoms with Crippen LogP contribution in [0.25, 0.3) is 0 Å². The van der Waals surface area contributed by atoms with Crippen LogP contribution in [0.1, 0.15) is 39.5 Å². The predicted molar refractivity (Wildman–Crippen MR) is 61.3 cm³/mol. The maximum Gasteiger partial charge on any atom is 0.0682 e. The van der Waals surface area contributed by atoms with Crippen molar-refractivity contribution in [2.45, 2.75) is 39.5 Å². The lowest BCUT2D eigenvalue weighted by Crippen LogP contribution is -2.19. The first-order chi connectivity index (χ1) is 6.79. The lowest BCUT2D eigenvalue weighted by molar-refractivity contribution is 0.114. The summed E-state index contributed by atoms with van der Waals surface area (Å²) in [4.78, 5) is 0. The van der Waals surface area contributed by atoms with E-state index in [4.69, 9.17) is 4.74 Å². The molecule has 0 fully saturated rings. The average molecular weight is 194 g/mol. The number of hydrogen-bond acceptors (Lipinski definition) is 1. The van der Waals surface area contributed by atoms with Gasteiger partial charge in [-0.25, -0.2) is 0 Å². The molecule has 0 saturated carbocycles. The summed E-state index contributed by atoms with van der Waals surface area (Å²) in [6.45, 7) is 10.1. The van der Waals surface area contributed by atoms with Crippen molar-refractivity contribution in [2.75, 3.05) is 13.2 Å². The minimum atomic E-state index is 0.616. The number of ether oxygens (including phenoxy) is 1. The van der Waals surface area contributed by atoms with Gasteiger partial charge in [0.15, 0.2) is 0 Å². The molecule has 1 heterocycles. The van der Waals surface area contributed by atoms with Crippen LogP contribution < -0.4 is 0 Å². The quantitative estimate of drug-likeness (QED) is 0.606. The number of allylic oxidation sites excluding steroid dienone is 1. The van der Waals surface area contributed by atoms with Crippen molar-refractivity contribution in [2.24, 2.45) is 5.92 Å². The van der Waals surface area contributed by atoms with Crippen LogP contribution in [-0.4, -0.2) is 13.2 Å². The normalized spacial score (nSPS) is 22.6. The molecule has 1 aliphatic rings. The van der Waals surface area contributed by atoms with Crippen LogP contribution in [0.15, 0.2) is 23.8 Å². The monoisotopic (exact) mass is 194 g/mol. The highest BCUT2D eigenvalue weighted by molar-refractivity contribution is 5.21. The summed E-state index contributed by atoms with van der Waals surface area (Å²) < 4.78 is 5.55. The summed E-state index contributed by atoms with van der Waals surface area (Å²) in [6.07, 6.45) is 6.83. The Kier molecular flexibility index (Phi) is 4.95. The third kappa shape index (κ3) is 2.98. The van der Waals surface area contributed by atoms with Crippen LogP contribution in [0.3, 0.4) is 0 Å². The Morgan fingerprint density at radius 2 is 2.36 bits per heavy atom. The third-order valence-electron chi connectivity index (χ3n) is 2.88. The number of rotatable bonds is 5. The maximum atomic E-state index is 5.55. The molecule has 1 rings (SSSR count). The van der Waals surface area contributed by atoms with Gasteiger partial charge in [-0.1, -0.05) is 31.9 Å². The first-order valence-corrected chi connectivity index (χ1v) is 5.69. The van der Waals surface area contributed by atoms with E-state index >= 15 is 0 Å². The van der Waals surface area contributed by atoms with Gasteiger partial charge < -0.3 is 4.74 Å². The summed E-state index contributed by atoms with van der Waals surface area (Å²) in [7, 11) is 0. The summed E-state index contributed by atoms with van der Waals surface area (Å²) in [6, 6.07) is 0. The van der Waals surface area contributed by atoms with Gasteiger partial charge in [0, 0.05) is 5.92 Å². The third-order valence-corrected chi connectivity index (χ3v) is 2.88. The molecule has 1 unspecified atom stereocenters. The second-order valence-corrected chi connectivity index (χ2v) is 4.14. The summed E-state index contributed by atoms with van der Waals surface area (Å²) in [5.41, 5.74) is 3.12. The van der Waals surface area contributed by atoms with Gasteiger partial charge in [0.2, 0.25) is 0 Å². The minimum Gasteiger partial charge on any atom is -0.376 e. The van der Waals surface area contributed by atoms with Gasteiger partial charge in [0.05, 0.1) is 13.2 Å². The summed E-state index contributed by atoms with van der Waals surface area (Å²) in [5.74, 6) is 0.616. The molecule has 0 aliphatic carbocycles.